The third kappa shape index (κ3) is 4.03. The van der Waals surface area contributed by atoms with E-state index in [0.717, 1.165) is 0 Å². The number of hydrazone groups is 1. The van der Waals surface area contributed by atoms with Crippen molar-refractivity contribution >= 4 is 53.1 Å². The Morgan fingerprint density at radius 3 is 2.46 bits per heavy atom. The van der Waals surface area contributed by atoms with Gasteiger partial charge in [0.25, 0.3) is 5.91 Å². The molecule has 1 heterocycles. The molecule has 2 aromatic carbocycles. The summed E-state index contributed by atoms with van der Waals surface area (Å²) in [5.41, 5.74) is 1.36. The fourth-order valence-electron chi connectivity index (χ4n) is 2.53. The number of carboxylic acids is 1. The zero-order valence-corrected chi connectivity index (χ0v) is 15.7. The summed E-state index contributed by atoms with van der Waals surface area (Å²) in [6.45, 7) is 0. The van der Waals surface area contributed by atoms with Crippen LogP contribution in [0.5, 0.6) is 0 Å². The molecule has 2 aromatic rings. The highest BCUT2D eigenvalue weighted by molar-refractivity contribution is 8.01. The second kappa shape index (κ2) is 8.12. The Bertz CT molecular complexity index is 875. The van der Waals surface area contributed by atoms with Gasteiger partial charge in [0.15, 0.2) is 0 Å². The van der Waals surface area contributed by atoms with Gasteiger partial charge in [-0.25, -0.2) is 5.01 Å². The molecular weight excluding hydrogens is 395 g/mol. The quantitative estimate of drug-likeness (QED) is 0.742. The lowest BCUT2D eigenvalue weighted by molar-refractivity contribution is -0.140. The average molecular weight is 409 g/mol. The highest BCUT2D eigenvalue weighted by atomic mass is 35.5. The highest BCUT2D eigenvalue weighted by Gasteiger charge is 2.43. The summed E-state index contributed by atoms with van der Waals surface area (Å²) in [7, 11) is 0. The highest BCUT2D eigenvalue weighted by Crippen LogP contribution is 2.46. The molecule has 1 N–H and O–H groups in total. The van der Waals surface area contributed by atoms with Crippen molar-refractivity contribution in [1.29, 1.82) is 0 Å². The standard InChI is InChI=1S/C18H14Cl2N2O3S/c19-13-7-3-1-5-11(13)10-21-22-17(25)15(9-16(23)24)26-18(22)12-6-2-4-8-14(12)20/h1-8,10,15,18H,9H2,(H,23,24)/b21-10+/t15-,18-/m1/s1. The lowest BCUT2D eigenvalue weighted by Gasteiger charge is -2.19. The second-order valence-corrected chi connectivity index (χ2v) is 7.65. The van der Waals surface area contributed by atoms with Crippen LogP contribution in [0, 0.1) is 0 Å². The average Bonchev–Trinajstić information content (AvgIpc) is 2.90. The molecule has 0 unspecified atom stereocenters. The third-order valence-corrected chi connectivity index (χ3v) is 5.87. The van der Waals surface area contributed by atoms with Crippen LogP contribution >= 0.6 is 35.0 Å². The molecule has 26 heavy (non-hydrogen) atoms. The minimum Gasteiger partial charge on any atom is -0.481 e. The minimum atomic E-state index is -1.04. The van der Waals surface area contributed by atoms with Crippen LogP contribution in [0.2, 0.25) is 10.0 Å². The van der Waals surface area contributed by atoms with Crippen molar-refractivity contribution in [2.24, 2.45) is 5.10 Å². The number of rotatable bonds is 5. The van der Waals surface area contributed by atoms with Gasteiger partial charge in [-0.1, -0.05) is 59.6 Å². The van der Waals surface area contributed by atoms with Crippen LogP contribution in [0.4, 0.5) is 0 Å². The van der Waals surface area contributed by atoms with E-state index in [9.17, 15) is 9.59 Å². The zero-order chi connectivity index (χ0) is 18.7. The molecule has 1 fully saturated rings. The van der Waals surface area contributed by atoms with E-state index in [1.165, 1.54) is 23.0 Å². The van der Waals surface area contributed by atoms with Crippen molar-refractivity contribution < 1.29 is 14.7 Å². The fraction of sp³-hybridized carbons (Fsp3) is 0.167. The smallest absolute Gasteiger partial charge is 0.305 e. The van der Waals surface area contributed by atoms with Crippen LogP contribution in [-0.2, 0) is 9.59 Å². The van der Waals surface area contributed by atoms with Crippen molar-refractivity contribution in [1.82, 2.24) is 5.01 Å². The van der Waals surface area contributed by atoms with Gasteiger partial charge in [-0.2, -0.15) is 5.10 Å². The Morgan fingerprint density at radius 2 is 1.81 bits per heavy atom. The van der Waals surface area contributed by atoms with E-state index in [0.29, 0.717) is 21.2 Å². The Balaban J connectivity index is 1.95. The van der Waals surface area contributed by atoms with Gasteiger partial charge in [-0.05, 0) is 12.1 Å². The van der Waals surface area contributed by atoms with Crippen LogP contribution in [0.3, 0.4) is 0 Å². The molecule has 1 amide bonds. The summed E-state index contributed by atoms with van der Waals surface area (Å²) in [5.74, 6) is -1.41. The van der Waals surface area contributed by atoms with Gasteiger partial charge in [-0.3, -0.25) is 9.59 Å². The van der Waals surface area contributed by atoms with Gasteiger partial charge in [0.05, 0.1) is 17.9 Å². The van der Waals surface area contributed by atoms with E-state index in [1.807, 2.05) is 12.1 Å². The molecule has 1 aliphatic heterocycles. The molecule has 134 valence electrons. The zero-order valence-electron chi connectivity index (χ0n) is 13.4. The predicted molar refractivity (Wildman–Crippen MR) is 104 cm³/mol. The Kier molecular flexibility index (Phi) is 5.86. The summed E-state index contributed by atoms with van der Waals surface area (Å²) >= 11 is 13.6. The number of hydrogen-bond acceptors (Lipinski definition) is 4. The first kappa shape index (κ1) is 18.8. The van der Waals surface area contributed by atoms with Gasteiger partial charge in [0, 0.05) is 21.2 Å². The molecule has 0 aliphatic carbocycles. The maximum atomic E-state index is 12.7. The van der Waals surface area contributed by atoms with E-state index in [1.54, 1.807) is 36.4 Å². The summed E-state index contributed by atoms with van der Waals surface area (Å²) in [5, 5.41) is 14.4. The minimum absolute atomic E-state index is 0.275. The molecule has 0 radical (unpaired) electrons. The Hall–Kier alpha value is -2.02. The van der Waals surface area contributed by atoms with Crippen LogP contribution < -0.4 is 0 Å². The number of hydrogen-bond donors (Lipinski definition) is 1. The van der Waals surface area contributed by atoms with Crippen molar-refractivity contribution in [3.63, 3.8) is 0 Å². The summed E-state index contributed by atoms with van der Waals surface area (Å²) in [4.78, 5) is 23.8. The number of nitrogens with zero attached hydrogens (tertiary/aromatic N) is 2. The number of halogens is 2. The number of thioether (sulfide) groups is 1. The number of aliphatic carboxylic acids is 1. The van der Waals surface area contributed by atoms with Crippen LogP contribution in [0.1, 0.15) is 22.9 Å². The first-order valence-corrected chi connectivity index (χ1v) is 9.40. The van der Waals surface area contributed by atoms with Crippen molar-refractivity contribution in [3.05, 3.63) is 69.7 Å². The number of carbonyl (C=O) groups is 2. The molecule has 5 nitrogen and oxygen atoms in total. The molecule has 0 aromatic heterocycles. The lowest BCUT2D eigenvalue weighted by Crippen LogP contribution is -2.28. The topological polar surface area (TPSA) is 70.0 Å². The van der Waals surface area contributed by atoms with E-state index in [2.05, 4.69) is 5.10 Å². The second-order valence-electron chi connectivity index (χ2n) is 5.55. The largest absolute Gasteiger partial charge is 0.481 e. The van der Waals surface area contributed by atoms with Gasteiger partial charge < -0.3 is 5.11 Å². The van der Waals surface area contributed by atoms with Crippen molar-refractivity contribution in [2.45, 2.75) is 17.0 Å². The Morgan fingerprint density at radius 1 is 1.15 bits per heavy atom. The first-order chi connectivity index (χ1) is 12.5. The maximum absolute atomic E-state index is 12.7. The SMILES string of the molecule is O=C(O)C[C@H]1S[C@H](c2ccccc2Cl)N(/N=C/c2ccccc2Cl)C1=O. The third-order valence-electron chi connectivity index (χ3n) is 3.77. The van der Waals surface area contributed by atoms with Crippen LogP contribution in [0.15, 0.2) is 53.6 Å². The Labute approximate surface area is 164 Å². The predicted octanol–water partition coefficient (Wildman–Crippen LogP) is 4.44. The number of carbonyl (C=O) groups excluding carboxylic acids is 1. The van der Waals surface area contributed by atoms with Crippen LogP contribution in [0.25, 0.3) is 0 Å². The summed E-state index contributed by atoms with van der Waals surface area (Å²) in [6, 6.07) is 14.2. The van der Waals surface area contributed by atoms with E-state index in [4.69, 9.17) is 28.3 Å². The van der Waals surface area contributed by atoms with Gasteiger partial charge in [0.1, 0.15) is 5.37 Å². The molecule has 0 spiro atoms. The van der Waals surface area contributed by atoms with Crippen molar-refractivity contribution in [2.75, 3.05) is 0 Å². The fourth-order valence-corrected chi connectivity index (χ4v) is 4.42. The van der Waals surface area contributed by atoms with Gasteiger partial charge >= 0.3 is 5.97 Å². The van der Waals surface area contributed by atoms with Gasteiger partial charge in [0.2, 0.25) is 0 Å². The maximum Gasteiger partial charge on any atom is 0.305 e. The van der Waals surface area contributed by atoms with Crippen LogP contribution in [-0.4, -0.2) is 33.5 Å². The normalized spacial score (nSPS) is 20.1. The van der Waals surface area contributed by atoms with E-state index in [-0.39, 0.29) is 12.3 Å². The molecular formula is C18H14Cl2N2O3S. The van der Waals surface area contributed by atoms with Gasteiger partial charge in [-0.15, -0.1) is 11.8 Å². The summed E-state index contributed by atoms with van der Waals surface area (Å²) < 4.78 is 0. The van der Waals surface area contributed by atoms with Crippen molar-refractivity contribution in [3.8, 4) is 0 Å². The molecule has 0 saturated carbocycles. The lowest BCUT2D eigenvalue weighted by atomic mass is 10.2. The molecule has 1 aliphatic rings. The summed E-state index contributed by atoms with van der Waals surface area (Å²) in [6.07, 6.45) is 1.22. The van der Waals surface area contributed by atoms with E-state index < -0.39 is 16.6 Å². The monoisotopic (exact) mass is 408 g/mol. The number of amides is 1. The first-order valence-electron chi connectivity index (χ1n) is 7.70. The molecule has 8 heteroatoms. The van der Waals surface area contributed by atoms with E-state index >= 15 is 0 Å². The number of benzene rings is 2. The molecule has 3 rings (SSSR count). The molecule has 1 saturated heterocycles. The number of carboxylic acid groups (broad SMARTS) is 1. The molecule has 2 atom stereocenters. The molecule has 0 bridgehead atoms.